The average Bonchev–Trinajstić information content (AvgIpc) is 2.83. The normalized spacial score (nSPS) is 10.8. The lowest BCUT2D eigenvalue weighted by atomic mass is 10.1. The number of hydrogen-bond donors (Lipinski definition) is 1. The molecule has 0 aromatic heterocycles. The molecular weight excluding hydrogens is 428 g/mol. The first-order valence-corrected chi connectivity index (χ1v) is 14.4. The number of thioether (sulfide) groups is 1. The van der Waals surface area contributed by atoms with Crippen molar-refractivity contribution in [1.29, 1.82) is 0 Å². The summed E-state index contributed by atoms with van der Waals surface area (Å²) in [6, 6.07) is 10.3. The van der Waals surface area contributed by atoms with Crippen LogP contribution in [0.2, 0.25) is 0 Å². The van der Waals surface area contributed by atoms with Crippen molar-refractivity contribution in [2.75, 3.05) is 25.4 Å². The topological polar surface area (TPSA) is 49.4 Å². The van der Waals surface area contributed by atoms with E-state index in [0.29, 0.717) is 25.9 Å². The maximum Gasteiger partial charge on any atom is 0.222 e. The smallest absolute Gasteiger partial charge is 0.222 e. The van der Waals surface area contributed by atoms with Gasteiger partial charge in [-0.3, -0.25) is 9.59 Å². The second kappa shape index (κ2) is 21.1. The van der Waals surface area contributed by atoms with Gasteiger partial charge in [-0.2, -0.15) is 0 Å². The lowest BCUT2D eigenvalue weighted by molar-refractivity contribution is -0.131. The van der Waals surface area contributed by atoms with Gasteiger partial charge in [-0.1, -0.05) is 96.3 Å². The van der Waals surface area contributed by atoms with Gasteiger partial charge in [-0.05, 0) is 25.0 Å². The predicted molar refractivity (Wildman–Crippen MR) is 143 cm³/mol. The van der Waals surface area contributed by atoms with Gasteiger partial charge in [0.1, 0.15) is 0 Å². The zero-order valence-corrected chi connectivity index (χ0v) is 22.1. The minimum atomic E-state index is 0.118. The zero-order valence-electron chi connectivity index (χ0n) is 21.3. The molecule has 0 aliphatic heterocycles. The fourth-order valence-corrected chi connectivity index (χ4v) is 4.75. The number of hydrogen-bond acceptors (Lipinski definition) is 3. The zero-order chi connectivity index (χ0) is 24.0. The summed E-state index contributed by atoms with van der Waals surface area (Å²) in [5.74, 6) is 1.22. The summed E-state index contributed by atoms with van der Waals surface area (Å²) in [4.78, 5) is 28.2. The largest absolute Gasteiger partial charge is 0.354 e. The van der Waals surface area contributed by atoms with Gasteiger partial charge in [0.15, 0.2) is 0 Å². The summed E-state index contributed by atoms with van der Waals surface area (Å²) >= 11 is 1.78. The molecule has 5 heteroatoms. The Morgan fingerprint density at radius 1 is 0.758 bits per heavy atom. The van der Waals surface area contributed by atoms with Gasteiger partial charge in [0, 0.05) is 43.1 Å². The highest BCUT2D eigenvalue weighted by Gasteiger charge is 2.13. The molecule has 33 heavy (non-hydrogen) atoms. The van der Waals surface area contributed by atoms with Crippen molar-refractivity contribution in [3.05, 3.63) is 30.3 Å². The molecule has 1 rings (SSSR count). The van der Waals surface area contributed by atoms with E-state index in [1.54, 1.807) is 11.8 Å². The van der Waals surface area contributed by atoms with Crippen LogP contribution in [0.5, 0.6) is 0 Å². The molecule has 0 saturated carbocycles. The SMILES string of the molecule is CCCCCCCCC(=O)NCCN(CCSc1ccccc1)C(=O)CCCCCCCC. The van der Waals surface area contributed by atoms with Crippen LogP contribution < -0.4 is 5.32 Å². The van der Waals surface area contributed by atoms with E-state index in [1.165, 1.54) is 56.3 Å². The van der Waals surface area contributed by atoms with Gasteiger partial charge < -0.3 is 10.2 Å². The van der Waals surface area contributed by atoms with Crippen molar-refractivity contribution in [2.24, 2.45) is 0 Å². The maximum atomic E-state index is 12.9. The summed E-state index contributed by atoms with van der Waals surface area (Å²) in [7, 11) is 0. The molecule has 2 amide bonds. The van der Waals surface area contributed by atoms with Crippen LogP contribution in [0.1, 0.15) is 104 Å². The van der Waals surface area contributed by atoms with Gasteiger partial charge in [-0.25, -0.2) is 0 Å². The van der Waals surface area contributed by atoms with Crippen LogP contribution in [0.25, 0.3) is 0 Å². The van der Waals surface area contributed by atoms with Crippen LogP contribution in [0, 0.1) is 0 Å². The summed E-state index contributed by atoms with van der Waals surface area (Å²) in [6.07, 6.45) is 15.5. The molecule has 1 aromatic rings. The minimum absolute atomic E-state index is 0.118. The molecule has 0 bridgehead atoms. The Labute approximate surface area is 207 Å². The van der Waals surface area contributed by atoms with E-state index in [0.717, 1.165) is 38.0 Å². The fourth-order valence-electron chi connectivity index (χ4n) is 3.85. The highest BCUT2D eigenvalue weighted by atomic mass is 32.2. The van der Waals surface area contributed by atoms with Crippen molar-refractivity contribution < 1.29 is 9.59 Å². The molecule has 0 fully saturated rings. The van der Waals surface area contributed by atoms with Gasteiger partial charge in [0.2, 0.25) is 11.8 Å². The monoisotopic (exact) mass is 476 g/mol. The molecule has 0 heterocycles. The maximum absolute atomic E-state index is 12.9. The molecular formula is C28H48N2O2S. The average molecular weight is 477 g/mol. The molecule has 1 aromatic carbocycles. The number of rotatable bonds is 21. The number of carbonyl (C=O) groups is 2. The van der Waals surface area contributed by atoms with Gasteiger partial charge >= 0.3 is 0 Å². The quantitative estimate of drug-likeness (QED) is 0.150. The van der Waals surface area contributed by atoms with Crippen molar-refractivity contribution in [3.8, 4) is 0 Å². The van der Waals surface area contributed by atoms with E-state index in [1.807, 2.05) is 23.1 Å². The number of benzene rings is 1. The highest BCUT2D eigenvalue weighted by molar-refractivity contribution is 7.99. The lowest BCUT2D eigenvalue weighted by Gasteiger charge is -2.23. The Hall–Kier alpha value is -1.49. The van der Waals surface area contributed by atoms with Crippen molar-refractivity contribution in [3.63, 3.8) is 0 Å². The van der Waals surface area contributed by atoms with Crippen molar-refractivity contribution in [1.82, 2.24) is 10.2 Å². The molecule has 0 aliphatic rings. The predicted octanol–water partition coefficient (Wildman–Crippen LogP) is 7.22. The van der Waals surface area contributed by atoms with Gasteiger partial charge in [0.25, 0.3) is 0 Å². The Balaban J connectivity index is 2.33. The lowest BCUT2D eigenvalue weighted by Crippen LogP contribution is -2.39. The molecule has 0 saturated heterocycles. The van der Waals surface area contributed by atoms with Gasteiger partial charge in [-0.15, -0.1) is 11.8 Å². The van der Waals surface area contributed by atoms with Crippen LogP contribution in [-0.2, 0) is 9.59 Å². The summed E-state index contributed by atoms with van der Waals surface area (Å²) in [6.45, 7) is 6.32. The van der Waals surface area contributed by atoms with E-state index in [2.05, 4.69) is 31.3 Å². The molecule has 0 aliphatic carbocycles. The van der Waals surface area contributed by atoms with E-state index in [-0.39, 0.29) is 11.8 Å². The Bertz CT molecular complexity index is 609. The first kappa shape index (κ1) is 29.5. The Morgan fingerprint density at radius 2 is 1.33 bits per heavy atom. The Morgan fingerprint density at radius 3 is 1.97 bits per heavy atom. The molecule has 0 atom stereocenters. The second-order valence-corrected chi connectivity index (χ2v) is 10.1. The van der Waals surface area contributed by atoms with Gasteiger partial charge in [0.05, 0.1) is 0 Å². The third kappa shape index (κ3) is 16.7. The standard InChI is InChI=1S/C28H48N2O2S/c1-3-5-7-9-11-16-20-27(31)29-22-23-30(24-25-33-26-18-14-13-15-19-26)28(32)21-17-12-10-8-6-4-2/h13-15,18-19H,3-12,16-17,20-25H2,1-2H3,(H,29,31). The molecule has 0 unspecified atom stereocenters. The highest BCUT2D eigenvalue weighted by Crippen LogP contribution is 2.17. The van der Waals surface area contributed by atoms with Crippen molar-refractivity contribution >= 4 is 23.6 Å². The summed E-state index contributed by atoms with van der Waals surface area (Å²) < 4.78 is 0. The van der Waals surface area contributed by atoms with Crippen LogP contribution >= 0.6 is 11.8 Å². The third-order valence-electron chi connectivity index (χ3n) is 5.93. The van der Waals surface area contributed by atoms with Crippen LogP contribution in [-0.4, -0.2) is 42.1 Å². The van der Waals surface area contributed by atoms with Crippen LogP contribution in [0.15, 0.2) is 35.2 Å². The van der Waals surface area contributed by atoms with Crippen LogP contribution in [0.4, 0.5) is 0 Å². The van der Waals surface area contributed by atoms with Crippen LogP contribution in [0.3, 0.4) is 0 Å². The third-order valence-corrected chi connectivity index (χ3v) is 6.92. The number of nitrogens with zero attached hydrogens (tertiary/aromatic N) is 1. The minimum Gasteiger partial charge on any atom is -0.354 e. The molecule has 188 valence electrons. The van der Waals surface area contributed by atoms with E-state index in [9.17, 15) is 9.59 Å². The summed E-state index contributed by atoms with van der Waals surface area (Å²) in [5, 5.41) is 3.03. The second-order valence-electron chi connectivity index (χ2n) is 8.93. The molecule has 1 N–H and O–H groups in total. The van der Waals surface area contributed by atoms with Crippen molar-refractivity contribution in [2.45, 2.75) is 109 Å². The van der Waals surface area contributed by atoms with E-state index >= 15 is 0 Å². The first-order chi connectivity index (χ1) is 16.2. The first-order valence-electron chi connectivity index (χ1n) is 13.4. The summed E-state index contributed by atoms with van der Waals surface area (Å²) in [5.41, 5.74) is 0. The number of unbranched alkanes of at least 4 members (excludes halogenated alkanes) is 10. The number of nitrogens with one attached hydrogen (secondary N) is 1. The molecule has 0 spiro atoms. The number of amides is 2. The number of carbonyl (C=O) groups excluding carboxylic acids is 2. The Kier molecular flexibility index (Phi) is 18.9. The molecule has 4 nitrogen and oxygen atoms in total. The van der Waals surface area contributed by atoms with E-state index < -0.39 is 0 Å². The fraction of sp³-hybridized carbons (Fsp3) is 0.714. The van der Waals surface area contributed by atoms with E-state index in [4.69, 9.17) is 0 Å². The molecule has 0 radical (unpaired) electrons.